The lowest BCUT2D eigenvalue weighted by atomic mass is 10.2. The number of benzene rings is 1. The van der Waals surface area contributed by atoms with Crippen LogP contribution in [0, 0.1) is 6.92 Å². The van der Waals surface area contributed by atoms with Crippen LogP contribution in [0.25, 0.3) is 0 Å². The minimum atomic E-state index is -0.207. The lowest BCUT2D eigenvalue weighted by Gasteiger charge is -2.07. The van der Waals surface area contributed by atoms with Gasteiger partial charge in [-0.05, 0) is 30.7 Å². The highest BCUT2D eigenvalue weighted by atomic mass is 16.2. The van der Waals surface area contributed by atoms with Gasteiger partial charge in [0.1, 0.15) is 0 Å². The lowest BCUT2D eigenvalue weighted by Crippen LogP contribution is -2.25. The predicted octanol–water partition coefficient (Wildman–Crippen LogP) is 1.16. The second-order valence-electron chi connectivity index (χ2n) is 4.52. The fourth-order valence-corrected chi connectivity index (χ4v) is 1.74. The van der Waals surface area contributed by atoms with Gasteiger partial charge in [-0.1, -0.05) is 6.07 Å². The molecule has 1 heterocycles. The molecule has 1 aromatic heterocycles. The SMILES string of the molecule is Cc1cnn(CCC(=O)Nc2cccc(N)c2)c(=O)c1. The molecule has 6 heteroatoms. The van der Waals surface area contributed by atoms with Crippen LogP contribution in [0.1, 0.15) is 12.0 Å². The summed E-state index contributed by atoms with van der Waals surface area (Å²) in [5.74, 6) is -0.190. The summed E-state index contributed by atoms with van der Waals surface area (Å²) in [7, 11) is 0. The Kier molecular flexibility index (Phi) is 4.14. The van der Waals surface area contributed by atoms with Crippen LogP contribution in [-0.2, 0) is 11.3 Å². The Morgan fingerprint density at radius 2 is 2.20 bits per heavy atom. The van der Waals surface area contributed by atoms with Gasteiger partial charge in [-0.25, -0.2) is 4.68 Å². The van der Waals surface area contributed by atoms with E-state index in [9.17, 15) is 9.59 Å². The number of carbonyl (C=O) groups excluding carboxylic acids is 1. The topological polar surface area (TPSA) is 90.0 Å². The summed E-state index contributed by atoms with van der Waals surface area (Å²) in [5, 5.41) is 6.70. The summed E-state index contributed by atoms with van der Waals surface area (Å²) < 4.78 is 1.27. The number of hydrogen-bond acceptors (Lipinski definition) is 4. The van der Waals surface area contributed by atoms with Gasteiger partial charge in [-0.3, -0.25) is 9.59 Å². The van der Waals surface area contributed by atoms with Gasteiger partial charge in [0, 0.05) is 23.9 Å². The molecule has 0 aliphatic carbocycles. The van der Waals surface area contributed by atoms with Crippen molar-refractivity contribution in [3.8, 4) is 0 Å². The molecule has 1 aromatic carbocycles. The van der Waals surface area contributed by atoms with Crippen LogP contribution >= 0.6 is 0 Å². The third kappa shape index (κ3) is 3.68. The van der Waals surface area contributed by atoms with Crippen molar-refractivity contribution < 1.29 is 4.79 Å². The fraction of sp³-hybridized carbons (Fsp3) is 0.214. The number of aryl methyl sites for hydroxylation is 2. The summed E-state index contributed by atoms with van der Waals surface area (Å²) >= 11 is 0. The zero-order chi connectivity index (χ0) is 14.5. The van der Waals surface area contributed by atoms with E-state index in [1.807, 2.05) is 0 Å². The molecule has 2 rings (SSSR count). The van der Waals surface area contributed by atoms with E-state index in [0.29, 0.717) is 11.4 Å². The smallest absolute Gasteiger partial charge is 0.266 e. The van der Waals surface area contributed by atoms with Crippen molar-refractivity contribution in [3.63, 3.8) is 0 Å². The Balaban J connectivity index is 1.94. The van der Waals surface area contributed by atoms with Crippen LogP contribution in [0.15, 0.2) is 41.3 Å². The van der Waals surface area contributed by atoms with Gasteiger partial charge in [-0.15, -0.1) is 0 Å². The molecule has 2 aromatic rings. The summed E-state index contributed by atoms with van der Waals surface area (Å²) in [6.07, 6.45) is 1.77. The van der Waals surface area contributed by atoms with Crippen molar-refractivity contribution >= 4 is 17.3 Å². The van der Waals surface area contributed by atoms with Gasteiger partial charge >= 0.3 is 0 Å². The Bertz CT molecular complexity index is 679. The van der Waals surface area contributed by atoms with Crippen molar-refractivity contribution in [2.45, 2.75) is 19.9 Å². The van der Waals surface area contributed by atoms with Gasteiger partial charge in [0.05, 0.1) is 12.7 Å². The standard InChI is InChI=1S/C14H16N4O2/c1-10-7-14(20)18(16-9-10)6-5-13(19)17-12-4-2-3-11(15)8-12/h2-4,7-9H,5-6,15H2,1H3,(H,17,19). The summed E-state index contributed by atoms with van der Waals surface area (Å²) in [6, 6.07) is 8.42. The maximum Gasteiger partial charge on any atom is 0.266 e. The Morgan fingerprint density at radius 3 is 2.90 bits per heavy atom. The summed E-state index contributed by atoms with van der Waals surface area (Å²) in [4.78, 5) is 23.4. The molecule has 104 valence electrons. The number of nitrogens with zero attached hydrogens (tertiary/aromatic N) is 2. The van der Waals surface area contributed by atoms with Crippen LogP contribution in [0.2, 0.25) is 0 Å². The number of anilines is 2. The van der Waals surface area contributed by atoms with Crippen molar-refractivity contribution in [2.24, 2.45) is 0 Å². The molecule has 0 saturated carbocycles. The fourth-order valence-electron chi connectivity index (χ4n) is 1.74. The molecule has 3 N–H and O–H groups in total. The third-order valence-electron chi connectivity index (χ3n) is 2.73. The predicted molar refractivity (Wildman–Crippen MR) is 77.3 cm³/mol. The molecule has 0 unspecified atom stereocenters. The van der Waals surface area contributed by atoms with Crippen LogP contribution < -0.4 is 16.6 Å². The van der Waals surface area contributed by atoms with Gasteiger partial charge in [0.25, 0.3) is 5.56 Å². The first kappa shape index (κ1) is 13.8. The van der Waals surface area contributed by atoms with E-state index in [-0.39, 0.29) is 24.4 Å². The van der Waals surface area contributed by atoms with Crippen molar-refractivity contribution in [3.05, 3.63) is 52.4 Å². The van der Waals surface area contributed by atoms with Gasteiger partial charge in [-0.2, -0.15) is 5.10 Å². The molecule has 0 aliphatic heterocycles. The lowest BCUT2D eigenvalue weighted by molar-refractivity contribution is -0.116. The number of nitrogens with one attached hydrogen (secondary N) is 1. The quantitative estimate of drug-likeness (QED) is 0.817. The minimum absolute atomic E-state index is 0.171. The summed E-state index contributed by atoms with van der Waals surface area (Å²) in [6.45, 7) is 2.04. The highest BCUT2D eigenvalue weighted by molar-refractivity contribution is 5.91. The average Bonchev–Trinajstić information content (AvgIpc) is 2.37. The number of carbonyl (C=O) groups is 1. The zero-order valence-corrected chi connectivity index (χ0v) is 11.2. The van der Waals surface area contributed by atoms with Gasteiger partial charge < -0.3 is 11.1 Å². The molecule has 20 heavy (non-hydrogen) atoms. The van der Waals surface area contributed by atoms with E-state index in [0.717, 1.165) is 5.56 Å². The second-order valence-corrected chi connectivity index (χ2v) is 4.52. The zero-order valence-electron chi connectivity index (χ0n) is 11.2. The van der Waals surface area contributed by atoms with Crippen LogP contribution in [0.5, 0.6) is 0 Å². The van der Waals surface area contributed by atoms with Crippen molar-refractivity contribution in [2.75, 3.05) is 11.1 Å². The number of nitrogens with two attached hydrogens (primary N) is 1. The van der Waals surface area contributed by atoms with E-state index < -0.39 is 0 Å². The molecule has 0 bridgehead atoms. The van der Waals surface area contributed by atoms with Gasteiger partial charge in [0.15, 0.2) is 0 Å². The maximum absolute atomic E-state index is 11.8. The average molecular weight is 272 g/mol. The third-order valence-corrected chi connectivity index (χ3v) is 2.73. The molecule has 0 aliphatic rings. The first-order chi connectivity index (χ1) is 9.54. The Labute approximate surface area is 116 Å². The molecule has 0 fully saturated rings. The largest absolute Gasteiger partial charge is 0.399 e. The van der Waals surface area contributed by atoms with E-state index in [1.54, 1.807) is 37.4 Å². The van der Waals surface area contributed by atoms with Crippen molar-refractivity contribution in [1.82, 2.24) is 9.78 Å². The van der Waals surface area contributed by atoms with Crippen LogP contribution in [-0.4, -0.2) is 15.7 Å². The Morgan fingerprint density at radius 1 is 1.40 bits per heavy atom. The highest BCUT2D eigenvalue weighted by Crippen LogP contribution is 2.11. The Hall–Kier alpha value is -2.63. The molecule has 6 nitrogen and oxygen atoms in total. The highest BCUT2D eigenvalue weighted by Gasteiger charge is 2.05. The van der Waals surface area contributed by atoms with Crippen LogP contribution in [0.4, 0.5) is 11.4 Å². The van der Waals surface area contributed by atoms with Gasteiger partial charge in [0.2, 0.25) is 5.91 Å². The number of nitrogen functional groups attached to an aromatic ring is 1. The molecular weight excluding hydrogens is 256 g/mol. The second kappa shape index (κ2) is 6.01. The first-order valence-electron chi connectivity index (χ1n) is 6.24. The minimum Gasteiger partial charge on any atom is -0.399 e. The molecular formula is C14H16N4O2. The molecule has 0 spiro atoms. The molecule has 1 amide bonds. The normalized spacial score (nSPS) is 10.2. The number of rotatable bonds is 4. The summed E-state index contributed by atoms with van der Waals surface area (Å²) in [5.41, 5.74) is 7.44. The van der Waals surface area contributed by atoms with E-state index in [4.69, 9.17) is 5.73 Å². The number of aromatic nitrogens is 2. The van der Waals surface area contributed by atoms with E-state index >= 15 is 0 Å². The molecule has 0 radical (unpaired) electrons. The van der Waals surface area contributed by atoms with E-state index in [2.05, 4.69) is 10.4 Å². The molecule has 0 atom stereocenters. The number of hydrogen-bond donors (Lipinski definition) is 2. The maximum atomic E-state index is 11.8. The molecule has 0 saturated heterocycles. The monoisotopic (exact) mass is 272 g/mol. The van der Waals surface area contributed by atoms with Crippen LogP contribution in [0.3, 0.4) is 0 Å². The number of amides is 1. The van der Waals surface area contributed by atoms with E-state index in [1.165, 1.54) is 10.7 Å². The first-order valence-corrected chi connectivity index (χ1v) is 6.24. The van der Waals surface area contributed by atoms with Crippen molar-refractivity contribution in [1.29, 1.82) is 0 Å².